The third-order valence-corrected chi connectivity index (χ3v) is 4.80. The van der Waals surface area contributed by atoms with Crippen LogP contribution in [0.1, 0.15) is 21.7 Å². The number of carbonyl (C=O) groups excluding carboxylic acids is 1. The van der Waals surface area contributed by atoms with Crippen molar-refractivity contribution in [3.8, 4) is 11.8 Å². The van der Waals surface area contributed by atoms with Gasteiger partial charge in [0.1, 0.15) is 5.82 Å². The number of aromatic carboxylic acids is 1. The molecule has 3 N–H and O–H groups in total. The number of methoxy groups -OCH3 is 2. The monoisotopic (exact) mass is 424 g/mol. The van der Waals surface area contributed by atoms with Gasteiger partial charge >= 0.3 is 5.97 Å². The summed E-state index contributed by atoms with van der Waals surface area (Å²) in [5.41, 5.74) is -0.0716. The van der Waals surface area contributed by atoms with Crippen LogP contribution in [0.15, 0.2) is 30.3 Å². The Morgan fingerprint density at radius 3 is 2.31 bits per heavy atom. The summed E-state index contributed by atoms with van der Waals surface area (Å²) in [5, 5.41) is 11.8. The molecule has 1 aromatic carbocycles. The lowest BCUT2D eigenvalue weighted by Crippen LogP contribution is -2.38. The lowest BCUT2D eigenvalue weighted by molar-refractivity contribution is -0.118. The molecule has 2 aromatic rings. The maximum Gasteiger partial charge on any atom is 0.335 e. The van der Waals surface area contributed by atoms with Crippen molar-refractivity contribution < 1.29 is 32.6 Å². The standard InChI is InChI=1S/C17H20N4O7S/c1-27-15-7-16(28-2)20-13(19-15)8-18-9-14(22)21-29(25,26)10-11-5-3-4-6-12(11)17(23)24/h3-7,18H,8-10H2,1-2H3,(H,21,22)(H,23,24). The highest BCUT2D eigenvalue weighted by molar-refractivity contribution is 7.89. The van der Waals surface area contributed by atoms with Crippen molar-refractivity contribution in [2.45, 2.75) is 12.3 Å². The van der Waals surface area contributed by atoms with E-state index in [9.17, 15) is 18.0 Å². The average molecular weight is 424 g/mol. The molecule has 1 heterocycles. The summed E-state index contributed by atoms with van der Waals surface area (Å²) in [6.45, 7) is -0.272. The van der Waals surface area contributed by atoms with Crippen molar-refractivity contribution in [3.05, 3.63) is 47.3 Å². The van der Waals surface area contributed by atoms with E-state index < -0.39 is 27.7 Å². The Labute approximate surface area is 167 Å². The summed E-state index contributed by atoms with van der Waals surface area (Å²) < 4.78 is 36.3. The minimum absolute atomic E-state index is 0.0584. The van der Waals surface area contributed by atoms with E-state index in [1.165, 1.54) is 44.6 Å². The largest absolute Gasteiger partial charge is 0.481 e. The van der Waals surface area contributed by atoms with Gasteiger partial charge in [0.25, 0.3) is 0 Å². The summed E-state index contributed by atoms with van der Waals surface area (Å²) >= 11 is 0. The highest BCUT2D eigenvalue weighted by Crippen LogP contribution is 2.14. The van der Waals surface area contributed by atoms with Crippen LogP contribution in [0.4, 0.5) is 0 Å². The van der Waals surface area contributed by atoms with Crippen LogP contribution in [-0.2, 0) is 27.1 Å². The third kappa shape index (κ3) is 6.69. The van der Waals surface area contributed by atoms with Crippen LogP contribution in [0.2, 0.25) is 0 Å². The molecule has 0 saturated carbocycles. The Morgan fingerprint density at radius 2 is 1.72 bits per heavy atom. The molecule has 2 rings (SSSR count). The SMILES string of the molecule is COc1cc(OC)nc(CNCC(=O)NS(=O)(=O)Cc2ccccc2C(=O)O)n1. The van der Waals surface area contributed by atoms with Crippen LogP contribution in [0.3, 0.4) is 0 Å². The number of nitrogens with one attached hydrogen (secondary N) is 2. The molecule has 0 atom stereocenters. The van der Waals surface area contributed by atoms with E-state index in [1.807, 2.05) is 4.72 Å². The number of nitrogens with zero attached hydrogens (tertiary/aromatic N) is 2. The number of aromatic nitrogens is 2. The Bertz CT molecular complexity index is 973. The Kier molecular flexibility index (Phi) is 7.45. The normalized spacial score (nSPS) is 11.0. The zero-order chi connectivity index (χ0) is 21.4. The van der Waals surface area contributed by atoms with Crippen LogP contribution in [0, 0.1) is 0 Å². The number of amides is 1. The molecule has 0 fully saturated rings. The molecule has 156 valence electrons. The molecule has 0 aliphatic rings. The minimum atomic E-state index is -4.08. The van der Waals surface area contributed by atoms with E-state index in [4.69, 9.17) is 14.6 Å². The van der Waals surface area contributed by atoms with Crippen LogP contribution in [-0.4, -0.2) is 56.1 Å². The predicted molar refractivity (Wildman–Crippen MR) is 101 cm³/mol. The van der Waals surface area contributed by atoms with Gasteiger partial charge in [-0.05, 0) is 11.6 Å². The first kappa shape index (κ1) is 22.0. The van der Waals surface area contributed by atoms with Gasteiger partial charge in [0.2, 0.25) is 27.7 Å². The smallest absolute Gasteiger partial charge is 0.335 e. The fourth-order valence-corrected chi connectivity index (χ4v) is 3.48. The van der Waals surface area contributed by atoms with Crippen molar-refractivity contribution in [1.82, 2.24) is 20.0 Å². The zero-order valence-electron chi connectivity index (χ0n) is 15.7. The Morgan fingerprint density at radius 1 is 1.10 bits per heavy atom. The quantitative estimate of drug-likeness (QED) is 0.471. The maximum absolute atomic E-state index is 12.2. The van der Waals surface area contributed by atoms with Gasteiger partial charge in [-0.15, -0.1) is 0 Å². The second kappa shape index (κ2) is 9.80. The zero-order valence-corrected chi connectivity index (χ0v) is 16.5. The summed E-state index contributed by atoms with van der Waals surface area (Å²) in [6.07, 6.45) is 0. The fraction of sp³-hybridized carbons (Fsp3) is 0.294. The first-order valence-corrected chi connectivity index (χ1v) is 9.90. The lowest BCUT2D eigenvalue weighted by atomic mass is 10.1. The summed E-state index contributed by atoms with van der Waals surface area (Å²) in [5.74, 6) is -1.87. The molecule has 0 aliphatic heterocycles. The first-order valence-electron chi connectivity index (χ1n) is 8.25. The molecule has 0 spiro atoms. The molecule has 1 aromatic heterocycles. The van der Waals surface area contributed by atoms with Gasteiger partial charge in [-0.3, -0.25) is 9.52 Å². The number of hydrogen-bond acceptors (Lipinski definition) is 9. The summed E-state index contributed by atoms with van der Waals surface area (Å²) in [4.78, 5) is 31.3. The van der Waals surface area contributed by atoms with Crippen molar-refractivity contribution in [2.75, 3.05) is 20.8 Å². The van der Waals surface area contributed by atoms with Crippen molar-refractivity contribution in [2.24, 2.45) is 0 Å². The van der Waals surface area contributed by atoms with Gasteiger partial charge in [-0.2, -0.15) is 9.97 Å². The van der Waals surface area contributed by atoms with Gasteiger partial charge in [0.15, 0.2) is 0 Å². The van der Waals surface area contributed by atoms with E-state index in [-0.39, 0.29) is 41.8 Å². The molecule has 1 amide bonds. The molecule has 0 aliphatic carbocycles. The number of benzene rings is 1. The Balaban J connectivity index is 1.93. The van der Waals surface area contributed by atoms with Crippen LogP contribution >= 0.6 is 0 Å². The number of rotatable bonds is 10. The maximum atomic E-state index is 12.2. The van der Waals surface area contributed by atoms with E-state index in [0.29, 0.717) is 0 Å². The molecule has 0 unspecified atom stereocenters. The molecule has 0 radical (unpaired) electrons. The molecular weight excluding hydrogens is 404 g/mol. The van der Waals surface area contributed by atoms with Gasteiger partial charge in [0.05, 0.1) is 44.7 Å². The van der Waals surface area contributed by atoms with Crippen LogP contribution < -0.4 is 19.5 Å². The number of ether oxygens (including phenoxy) is 2. The number of hydrogen-bond donors (Lipinski definition) is 3. The predicted octanol–water partition coefficient (Wildman–Crippen LogP) is -0.0722. The van der Waals surface area contributed by atoms with Crippen LogP contribution in [0.25, 0.3) is 0 Å². The van der Waals surface area contributed by atoms with E-state index in [1.54, 1.807) is 0 Å². The van der Waals surface area contributed by atoms with Gasteiger partial charge < -0.3 is 19.9 Å². The molecular formula is C17H20N4O7S. The van der Waals surface area contributed by atoms with Crippen molar-refractivity contribution in [1.29, 1.82) is 0 Å². The summed E-state index contributed by atoms with van der Waals surface area (Å²) in [6, 6.07) is 7.15. The number of carbonyl (C=O) groups is 2. The molecule has 11 nitrogen and oxygen atoms in total. The first-order chi connectivity index (χ1) is 13.7. The topological polar surface area (TPSA) is 157 Å². The molecule has 0 saturated heterocycles. The molecule has 29 heavy (non-hydrogen) atoms. The highest BCUT2D eigenvalue weighted by Gasteiger charge is 2.19. The van der Waals surface area contributed by atoms with E-state index in [2.05, 4.69) is 15.3 Å². The van der Waals surface area contributed by atoms with Gasteiger partial charge in [-0.25, -0.2) is 13.2 Å². The molecule has 0 bridgehead atoms. The molecule has 12 heteroatoms. The highest BCUT2D eigenvalue weighted by atomic mass is 32.2. The summed E-state index contributed by atoms with van der Waals surface area (Å²) in [7, 11) is -1.22. The second-order valence-corrected chi connectivity index (χ2v) is 7.44. The third-order valence-electron chi connectivity index (χ3n) is 3.58. The fourth-order valence-electron chi connectivity index (χ4n) is 2.33. The van der Waals surface area contributed by atoms with Gasteiger partial charge in [-0.1, -0.05) is 18.2 Å². The minimum Gasteiger partial charge on any atom is -0.481 e. The van der Waals surface area contributed by atoms with Crippen molar-refractivity contribution >= 4 is 21.9 Å². The lowest BCUT2D eigenvalue weighted by Gasteiger charge is -2.10. The average Bonchev–Trinajstić information content (AvgIpc) is 2.67. The number of sulfonamides is 1. The number of carboxylic acids is 1. The van der Waals surface area contributed by atoms with Gasteiger partial charge in [0, 0.05) is 0 Å². The van der Waals surface area contributed by atoms with E-state index in [0.717, 1.165) is 0 Å². The van der Waals surface area contributed by atoms with Crippen LogP contribution in [0.5, 0.6) is 11.8 Å². The van der Waals surface area contributed by atoms with Crippen molar-refractivity contribution in [3.63, 3.8) is 0 Å². The van der Waals surface area contributed by atoms with E-state index >= 15 is 0 Å². The second-order valence-electron chi connectivity index (χ2n) is 5.72. The number of carboxylic acid groups (broad SMARTS) is 1. The Hall–Kier alpha value is -3.25.